The maximum Gasteiger partial charge on any atom is 0.425 e. The van der Waals surface area contributed by atoms with Crippen molar-refractivity contribution in [2.75, 3.05) is 0 Å². The fourth-order valence-electron chi connectivity index (χ4n) is 1.86. The van der Waals surface area contributed by atoms with Crippen molar-refractivity contribution < 1.29 is 18.3 Å². The molecule has 0 aromatic heterocycles. The highest BCUT2D eigenvalue weighted by Crippen LogP contribution is 2.41. The zero-order chi connectivity index (χ0) is 15.5. The Balaban J connectivity index is 2.46. The van der Waals surface area contributed by atoms with Crippen LogP contribution in [0, 0.1) is 0 Å². The molecular formula is C16H12BrF3O. The molecule has 0 bridgehead atoms. The van der Waals surface area contributed by atoms with E-state index in [2.05, 4.69) is 15.9 Å². The fourth-order valence-corrected chi connectivity index (χ4v) is 2.26. The molecule has 1 unspecified atom stereocenters. The summed E-state index contributed by atoms with van der Waals surface area (Å²) in [7, 11) is 0. The Kier molecular flexibility index (Phi) is 4.54. The second-order valence-corrected chi connectivity index (χ2v) is 5.43. The van der Waals surface area contributed by atoms with E-state index < -0.39 is 11.8 Å². The smallest absolute Gasteiger partial charge is 0.373 e. The molecule has 2 aromatic carbocycles. The summed E-state index contributed by atoms with van der Waals surface area (Å²) in [5.74, 6) is 0. The minimum Gasteiger partial charge on any atom is -0.373 e. The lowest BCUT2D eigenvalue weighted by Crippen LogP contribution is -2.40. The lowest BCUT2D eigenvalue weighted by molar-refractivity contribution is -0.244. The Morgan fingerprint density at radius 3 is 2.19 bits per heavy atom. The molecule has 2 rings (SSSR count). The highest BCUT2D eigenvalue weighted by atomic mass is 79.9. The van der Waals surface area contributed by atoms with E-state index in [0.29, 0.717) is 10.0 Å². The van der Waals surface area contributed by atoms with E-state index in [1.807, 2.05) is 0 Å². The van der Waals surface area contributed by atoms with E-state index in [1.54, 1.807) is 36.4 Å². The van der Waals surface area contributed by atoms with Crippen molar-refractivity contribution in [3.8, 4) is 0 Å². The molecule has 0 aliphatic heterocycles. The molecule has 1 atom stereocenters. The van der Waals surface area contributed by atoms with Crippen LogP contribution >= 0.6 is 15.9 Å². The maximum absolute atomic E-state index is 13.3. The van der Waals surface area contributed by atoms with Crippen molar-refractivity contribution >= 4 is 22.0 Å². The molecule has 1 N–H and O–H groups in total. The van der Waals surface area contributed by atoms with Gasteiger partial charge in [-0.3, -0.25) is 0 Å². The molecule has 2 aromatic rings. The van der Waals surface area contributed by atoms with Crippen LogP contribution in [0.2, 0.25) is 0 Å². The van der Waals surface area contributed by atoms with Gasteiger partial charge < -0.3 is 5.11 Å². The molecule has 0 aliphatic carbocycles. The van der Waals surface area contributed by atoms with Gasteiger partial charge in [0.25, 0.3) is 0 Å². The number of hydrogen-bond donors (Lipinski definition) is 1. The van der Waals surface area contributed by atoms with Crippen LogP contribution in [-0.4, -0.2) is 11.3 Å². The standard InChI is InChI=1S/C16H12BrF3O/c17-14-8-4-7-13(11-14)15(21,16(18,19)20)10-9-12-5-2-1-3-6-12/h1-11,21H. The van der Waals surface area contributed by atoms with Crippen LogP contribution in [0.4, 0.5) is 13.2 Å². The molecular weight excluding hydrogens is 345 g/mol. The minimum absolute atomic E-state index is 0.239. The highest BCUT2D eigenvalue weighted by Gasteiger charge is 2.53. The third-order valence-corrected chi connectivity index (χ3v) is 3.51. The van der Waals surface area contributed by atoms with Crippen molar-refractivity contribution in [2.45, 2.75) is 11.8 Å². The van der Waals surface area contributed by atoms with Crippen LogP contribution < -0.4 is 0 Å². The average Bonchev–Trinajstić information content (AvgIpc) is 2.44. The van der Waals surface area contributed by atoms with Crippen molar-refractivity contribution in [3.63, 3.8) is 0 Å². The Labute approximate surface area is 128 Å². The first-order valence-corrected chi connectivity index (χ1v) is 6.92. The molecule has 0 fully saturated rings. The van der Waals surface area contributed by atoms with Gasteiger partial charge in [-0.15, -0.1) is 0 Å². The second kappa shape index (κ2) is 6.03. The summed E-state index contributed by atoms with van der Waals surface area (Å²) < 4.78 is 40.4. The predicted molar refractivity (Wildman–Crippen MR) is 79.6 cm³/mol. The van der Waals surface area contributed by atoms with Crippen molar-refractivity contribution in [2.24, 2.45) is 0 Å². The number of aliphatic hydroxyl groups is 1. The lowest BCUT2D eigenvalue weighted by atomic mass is 9.92. The van der Waals surface area contributed by atoms with Gasteiger partial charge in [-0.2, -0.15) is 13.2 Å². The summed E-state index contributed by atoms with van der Waals surface area (Å²) >= 11 is 3.11. The van der Waals surface area contributed by atoms with Crippen LogP contribution in [0.25, 0.3) is 6.08 Å². The first kappa shape index (κ1) is 15.8. The fraction of sp³-hybridized carbons (Fsp3) is 0.125. The zero-order valence-corrected chi connectivity index (χ0v) is 12.4. The van der Waals surface area contributed by atoms with Crippen molar-refractivity contribution in [3.05, 3.63) is 76.3 Å². The quantitative estimate of drug-likeness (QED) is 0.828. The Bertz CT molecular complexity index is 637. The van der Waals surface area contributed by atoms with Gasteiger partial charge in [-0.05, 0) is 29.3 Å². The summed E-state index contributed by atoms with van der Waals surface area (Å²) in [5, 5.41) is 10.2. The number of benzene rings is 2. The minimum atomic E-state index is -4.82. The molecule has 21 heavy (non-hydrogen) atoms. The van der Waals surface area contributed by atoms with E-state index in [4.69, 9.17) is 0 Å². The topological polar surface area (TPSA) is 20.2 Å². The molecule has 110 valence electrons. The van der Waals surface area contributed by atoms with Gasteiger partial charge in [0.05, 0.1) is 0 Å². The number of halogens is 4. The largest absolute Gasteiger partial charge is 0.425 e. The van der Waals surface area contributed by atoms with Gasteiger partial charge in [0.1, 0.15) is 0 Å². The van der Waals surface area contributed by atoms with Crippen LogP contribution in [-0.2, 0) is 5.60 Å². The van der Waals surface area contributed by atoms with Crippen LogP contribution in [0.5, 0.6) is 0 Å². The Morgan fingerprint density at radius 2 is 1.62 bits per heavy atom. The summed E-state index contributed by atoms with van der Waals surface area (Å²) in [6, 6.07) is 14.1. The molecule has 1 nitrogen and oxygen atoms in total. The van der Waals surface area contributed by atoms with Gasteiger partial charge in [0.2, 0.25) is 5.60 Å². The maximum atomic E-state index is 13.3. The summed E-state index contributed by atoms with van der Waals surface area (Å²) in [5.41, 5.74) is -2.70. The van der Waals surface area contributed by atoms with E-state index >= 15 is 0 Å². The van der Waals surface area contributed by atoms with Gasteiger partial charge in [-0.25, -0.2) is 0 Å². The normalized spacial score (nSPS) is 15.1. The molecule has 0 saturated carbocycles. The average molecular weight is 357 g/mol. The number of rotatable bonds is 3. The monoisotopic (exact) mass is 356 g/mol. The van der Waals surface area contributed by atoms with E-state index in [-0.39, 0.29) is 5.56 Å². The summed E-state index contributed by atoms with van der Waals surface area (Å²) in [6.45, 7) is 0. The first-order chi connectivity index (χ1) is 9.83. The third kappa shape index (κ3) is 3.54. The molecule has 0 amide bonds. The Hall–Kier alpha value is -1.59. The second-order valence-electron chi connectivity index (χ2n) is 4.52. The predicted octanol–water partition coefficient (Wildman–Crippen LogP) is 4.91. The number of hydrogen-bond acceptors (Lipinski definition) is 1. The zero-order valence-electron chi connectivity index (χ0n) is 10.8. The van der Waals surface area contributed by atoms with Crippen molar-refractivity contribution in [1.29, 1.82) is 0 Å². The van der Waals surface area contributed by atoms with Gasteiger partial charge in [0, 0.05) is 4.47 Å². The van der Waals surface area contributed by atoms with Crippen LogP contribution in [0.15, 0.2) is 65.1 Å². The molecule has 0 radical (unpaired) electrons. The van der Waals surface area contributed by atoms with E-state index in [0.717, 1.165) is 6.08 Å². The first-order valence-electron chi connectivity index (χ1n) is 6.12. The highest BCUT2D eigenvalue weighted by molar-refractivity contribution is 9.10. The molecule has 0 spiro atoms. The third-order valence-electron chi connectivity index (χ3n) is 3.01. The van der Waals surface area contributed by atoms with E-state index in [9.17, 15) is 18.3 Å². The van der Waals surface area contributed by atoms with Gasteiger partial charge >= 0.3 is 6.18 Å². The Morgan fingerprint density at radius 1 is 0.952 bits per heavy atom. The van der Waals surface area contributed by atoms with Crippen LogP contribution in [0.3, 0.4) is 0 Å². The van der Waals surface area contributed by atoms with Crippen molar-refractivity contribution in [1.82, 2.24) is 0 Å². The molecule has 5 heteroatoms. The molecule has 0 aliphatic rings. The van der Waals surface area contributed by atoms with Gasteiger partial charge in [0.15, 0.2) is 0 Å². The summed E-state index contributed by atoms with van der Waals surface area (Å²) in [4.78, 5) is 0. The lowest BCUT2D eigenvalue weighted by Gasteiger charge is -2.28. The van der Waals surface area contributed by atoms with Gasteiger partial charge in [-0.1, -0.05) is 64.5 Å². The SMILES string of the molecule is OC(C=Cc1ccccc1)(c1cccc(Br)c1)C(F)(F)F. The molecule has 0 saturated heterocycles. The van der Waals surface area contributed by atoms with E-state index in [1.165, 1.54) is 24.3 Å². The number of alkyl halides is 3. The molecule has 0 heterocycles. The summed E-state index contributed by atoms with van der Waals surface area (Å²) in [6.07, 6.45) is -2.79. The van der Waals surface area contributed by atoms with Crippen LogP contribution in [0.1, 0.15) is 11.1 Å².